The second kappa shape index (κ2) is 6.91. The molecule has 0 aliphatic carbocycles. The molecular formula is C15H13ClN2O4. The summed E-state index contributed by atoms with van der Waals surface area (Å²) in [7, 11) is 0. The molecule has 0 saturated carbocycles. The second-order valence-corrected chi connectivity index (χ2v) is 4.86. The summed E-state index contributed by atoms with van der Waals surface area (Å²) in [5, 5.41) is 13.8. The minimum Gasteiger partial charge on any atom is -0.479 e. The number of benzene rings is 2. The number of nitro groups is 1. The van der Waals surface area contributed by atoms with Gasteiger partial charge in [-0.1, -0.05) is 35.9 Å². The van der Waals surface area contributed by atoms with Crippen molar-refractivity contribution in [2.45, 2.75) is 13.0 Å². The molecule has 2 aromatic carbocycles. The van der Waals surface area contributed by atoms with E-state index in [0.29, 0.717) is 10.8 Å². The van der Waals surface area contributed by atoms with Crippen LogP contribution < -0.4 is 10.1 Å². The predicted molar refractivity (Wildman–Crippen MR) is 83.3 cm³/mol. The number of ether oxygens (including phenoxy) is 1. The van der Waals surface area contributed by atoms with Crippen molar-refractivity contribution in [3.05, 3.63) is 63.7 Å². The third kappa shape index (κ3) is 3.73. The molecule has 7 heteroatoms. The summed E-state index contributed by atoms with van der Waals surface area (Å²) in [6, 6.07) is 12.6. The topological polar surface area (TPSA) is 81.5 Å². The molecule has 0 fully saturated rings. The molecule has 0 bridgehead atoms. The molecule has 0 aromatic heterocycles. The lowest BCUT2D eigenvalue weighted by molar-refractivity contribution is -0.383. The van der Waals surface area contributed by atoms with E-state index >= 15 is 0 Å². The van der Waals surface area contributed by atoms with Crippen LogP contribution in [-0.4, -0.2) is 16.9 Å². The minimum atomic E-state index is -0.861. The van der Waals surface area contributed by atoms with Crippen LogP contribution in [0.1, 0.15) is 6.92 Å². The number of hydrogen-bond acceptors (Lipinski definition) is 4. The van der Waals surface area contributed by atoms with E-state index in [4.69, 9.17) is 16.3 Å². The summed E-state index contributed by atoms with van der Waals surface area (Å²) >= 11 is 5.95. The Hall–Kier alpha value is -2.60. The van der Waals surface area contributed by atoms with Crippen LogP contribution in [0.3, 0.4) is 0 Å². The van der Waals surface area contributed by atoms with Gasteiger partial charge in [0.1, 0.15) is 11.4 Å². The largest absolute Gasteiger partial charge is 0.479 e. The Morgan fingerprint density at radius 2 is 1.86 bits per heavy atom. The van der Waals surface area contributed by atoms with Gasteiger partial charge in [-0.3, -0.25) is 14.9 Å². The van der Waals surface area contributed by atoms with Crippen LogP contribution in [0.15, 0.2) is 48.5 Å². The number of nitrogens with zero attached hydrogens (tertiary/aromatic N) is 1. The first-order chi connectivity index (χ1) is 10.5. The fourth-order valence-corrected chi connectivity index (χ4v) is 1.94. The number of amides is 1. The van der Waals surface area contributed by atoms with Gasteiger partial charge in [0.05, 0.1) is 9.95 Å². The highest BCUT2D eigenvalue weighted by Gasteiger charge is 2.20. The van der Waals surface area contributed by atoms with Gasteiger partial charge < -0.3 is 10.1 Å². The first kappa shape index (κ1) is 15.8. The summed E-state index contributed by atoms with van der Waals surface area (Å²) in [5.74, 6) is -0.136. The Balaban J connectivity index is 2.09. The summed E-state index contributed by atoms with van der Waals surface area (Å²) < 4.78 is 5.47. The van der Waals surface area contributed by atoms with Gasteiger partial charge in [-0.05, 0) is 25.1 Å². The highest BCUT2D eigenvalue weighted by atomic mass is 35.5. The van der Waals surface area contributed by atoms with Gasteiger partial charge in [0.25, 0.3) is 11.6 Å². The number of hydrogen-bond donors (Lipinski definition) is 1. The number of anilines is 1. The van der Waals surface area contributed by atoms with E-state index in [1.165, 1.54) is 25.1 Å². The van der Waals surface area contributed by atoms with Gasteiger partial charge in [-0.25, -0.2) is 0 Å². The predicted octanol–water partition coefficient (Wildman–Crippen LogP) is 3.65. The van der Waals surface area contributed by atoms with E-state index in [1.807, 2.05) is 0 Å². The molecule has 0 aliphatic heterocycles. The maximum atomic E-state index is 12.1. The molecule has 2 aromatic rings. The first-order valence-corrected chi connectivity index (χ1v) is 6.82. The third-order valence-corrected chi connectivity index (χ3v) is 3.18. The Labute approximate surface area is 131 Å². The lowest BCUT2D eigenvalue weighted by Gasteiger charge is -2.15. The third-order valence-electron chi connectivity index (χ3n) is 2.87. The first-order valence-electron chi connectivity index (χ1n) is 6.44. The minimum absolute atomic E-state index is 0.118. The van der Waals surface area contributed by atoms with Crippen molar-refractivity contribution in [1.29, 1.82) is 0 Å². The van der Waals surface area contributed by atoms with Gasteiger partial charge >= 0.3 is 0 Å². The Kier molecular flexibility index (Phi) is 4.95. The number of nitrogens with one attached hydrogen (secondary N) is 1. The lowest BCUT2D eigenvalue weighted by atomic mass is 10.2. The summed E-state index contributed by atoms with van der Waals surface area (Å²) in [4.78, 5) is 22.5. The Morgan fingerprint density at radius 3 is 2.55 bits per heavy atom. The Morgan fingerprint density at radius 1 is 1.23 bits per heavy atom. The fraction of sp³-hybridized carbons (Fsp3) is 0.133. The summed E-state index contributed by atoms with van der Waals surface area (Å²) in [6.07, 6.45) is -0.861. The van der Waals surface area contributed by atoms with E-state index < -0.39 is 16.9 Å². The SMILES string of the molecule is C[C@@H](Oc1ccccc1Cl)C(=O)Nc1ccccc1[N+](=O)[O-]. The van der Waals surface area contributed by atoms with Gasteiger partial charge in [-0.15, -0.1) is 0 Å². The smallest absolute Gasteiger partial charge is 0.292 e. The summed E-state index contributed by atoms with van der Waals surface area (Å²) in [5.41, 5.74) is -0.0621. The van der Waals surface area contributed by atoms with Crippen LogP contribution in [0, 0.1) is 10.1 Å². The molecule has 1 amide bonds. The molecule has 0 aliphatic rings. The normalized spacial score (nSPS) is 11.5. The van der Waals surface area contributed by atoms with Crippen LogP contribution in [0.4, 0.5) is 11.4 Å². The van der Waals surface area contributed by atoms with E-state index in [1.54, 1.807) is 30.3 Å². The number of carbonyl (C=O) groups excluding carboxylic acids is 1. The van der Waals surface area contributed by atoms with Crippen molar-refractivity contribution in [3.63, 3.8) is 0 Å². The number of para-hydroxylation sites is 3. The van der Waals surface area contributed by atoms with Crippen molar-refractivity contribution < 1.29 is 14.5 Å². The van der Waals surface area contributed by atoms with Crippen molar-refractivity contribution in [2.75, 3.05) is 5.32 Å². The molecule has 1 N–H and O–H groups in total. The second-order valence-electron chi connectivity index (χ2n) is 4.45. The van der Waals surface area contributed by atoms with Gasteiger partial charge in [0.2, 0.25) is 0 Å². The van der Waals surface area contributed by atoms with E-state index in [0.717, 1.165) is 0 Å². The molecule has 22 heavy (non-hydrogen) atoms. The average Bonchev–Trinajstić information content (AvgIpc) is 2.49. The number of rotatable bonds is 5. The van der Waals surface area contributed by atoms with Crippen LogP contribution >= 0.6 is 11.6 Å². The lowest BCUT2D eigenvalue weighted by Crippen LogP contribution is -2.30. The van der Waals surface area contributed by atoms with Crippen LogP contribution in [0.5, 0.6) is 5.75 Å². The molecule has 0 unspecified atom stereocenters. The van der Waals surface area contributed by atoms with E-state index in [2.05, 4.69) is 5.32 Å². The van der Waals surface area contributed by atoms with Crippen LogP contribution in [0.2, 0.25) is 5.02 Å². The van der Waals surface area contributed by atoms with Crippen LogP contribution in [0.25, 0.3) is 0 Å². The number of halogens is 1. The zero-order valence-corrected chi connectivity index (χ0v) is 12.4. The van der Waals surface area contributed by atoms with Crippen LogP contribution in [-0.2, 0) is 4.79 Å². The van der Waals surface area contributed by atoms with Crippen molar-refractivity contribution in [2.24, 2.45) is 0 Å². The molecule has 0 spiro atoms. The molecule has 1 atom stereocenters. The highest BCUT2D eigenvalue weighted by molar-refractivity contribution is 6.32. The van der Waals surface area contributed by atoms with Crippen molar-refractivity contribution in [1.82, 2.24) is 0 Å². The number of nitro benzene ring substituents is 1. The zero-order chi connectivity index (χ0) is 16.1. The average molecular weight is 321 g/mol. The maximum absolute atomic E-state index is 12.1. The molecule has 0 radical (unpaired) electrons. The monoisotopic (exact) mass is 320 g/mol. The number of carbonyl (C=O) groups is 1. The van der Waals surface area contributed by atoms with Crippen molar-refractivity contribution in [3.8, 4) is 5.75 Å². The molecule has 6 nitrogen and oxygen atoms in total. The van der Waals surface area contributed by atoms with Gasteiger partial charge in [0.15, 0.2) is 6.10 Å². The molecular weight excluding hydrogens is 308 g/mol. The van der Waals surface area contributed by atoms with Crippen molar-refractivity contribution >= 4 is 28.9 Å². The molecule has 2 rings (SSSR count). The molecule has 0 heterocycles. The van der Waals surface area contributed by atoms with E-state index in [9.17, 15) is 14.9 Å². The quantitative estimate of drug-likeness (QED) is 0.673. The molecule has 114 valence electrons. The van der Waals surface area contributed by atoms with E-state index in [-0.39, 0.29) is 11.4 Å². The standard InChI is InChI=1S/C15H13ClN2O4/c1-10(22-14-9-5-2-6-11(14)16)15(19)17-12-7-3-4-8-13(12)18(20)21/h2-10H,1H3,(H,17,19)/t10-/m1/s1. The molecule has 0 saturated heterocycles. The Bertz CT molecular complexity index is 705. The highest BCUT2D eigenvalue weighted by Crippen LogP contribution is 2.26. The van der Waals surface area contributed by atoms with Gasteiger partial charge in [0, 0.05) is 6.07 Å². The fourth-order valence-electron chi connectivity index (χ4n) is 1.76. The maximum Gasteiger partial charge on any atom is 0.292 e. The zero-order valence-electron chi connectivity index (χ0n) is 11.7. The van der Waals surface area contributed by atoms with Gasteiger partial charge in [-0.2, -0.15) is 0 Å². The summed E-state index contributed by atoms with van der Waals surface area (Å²) in [6.45, 7) is 1.54.